The number of benzene rings is 1. The van der Waals surface area contributed by atoms with Crippen molar-refractivity contribution in [2.75, 3.05) is 13.1 Å². The van der Waals surface area contributed by atoms with Crippen molar-refractivity contribution >= 4 is 14.1 Å². The van der Waals surface area contributed by atoms with Crippen LogP contribution in [-0.4, -0.2) is 26.3 Å². The predicted octanol–water partition coefficient (Wildman–Crippen LogP) is 5.10. The van der Waals surface area contributed by atoms with Crippen LogP contribution in [0, 0.1) is 0 Å². The Bertz CT molecular complexity index is 482. The van der Waals surface area contributed by atoms with Gasteiger partial charge in [0.1, 0.15) is 5.76 Å². The zero-order chi connectivity index (χ0) is 15.5. The van der Waals surface area contributed by atoms with Gasteiger partial charge < -0.3 is 9.33 Å². The van der Waals surface area contributed by atoms with E-state index in [1.54, 1.807) is 0 Å². The van der Waals surface area contributed by atoms with Gasteiger partial charge in [0.15, 0.2) is 0 Å². The van der Waals surface area contributed by atoms with Crippen molar-refractivity contribution in [1.29, 1.82) is 0 Å². The van der Waals surface area contributed by atoms with Crippen molar-refractivity contribution in [3.63, 3.8) is 0 Å². The van der Waals surface area contributed by atoms with Gasteiger partial charge in [0.2, 0.25) is 0 Å². The molecule has 0 saturated carbocycles. The molecule has 2 nitrogen and oxygen atoms in total. The average Bonchev–Trinajstić information content (AvgIpc) is 2.90. The molecule has 0 amide bonds. The first-order valence-electron chi connectivity index (χ1n) is 8.00. The normalized spacial score (nSPS) is 17.2. The molecule has 1 fully saturated rings. The first-order valence-corrected chi connectivity index (χ1v) is 10.9. The molecule has 0 bridgehead atoms. The highest BCUT2D eigenvalue weighted by Gasteiger charge is 2.39. The molecule has 2 rings (SSSR count). The fourth-order valence-corrected chi connectivity index (χ4v) is 3.25. The summed E-state index contributed by atoms with van der Waals surface area (Å²) in [4.78, 5) is 2.40. The number of hydrogen-bond donors (Lipinski definition) is 0. The topological polar surface area (TPSA) is 12.5 Å². The van der Waals surface area contributed by atoms with Gasteiger partial charge in [-0.25, -0.2) is 0 Å². The van der Waals surface area contributed by atoms with Crippen molar-refractivity contribution in [3.8, 4) is 0 Å². The third-order valence-electron chi connectivity index (χ3n) is 4.67. The average molecular weight is 304 g/mol. The number of rotatable bonds is 4. The first-order chi connectivity index (χ1) is 9.79. The molecule has 0 spiro atoms. The Kier molecular flexibility index (Phi) is 4.82. The molecule has 0 aromatic heterocycles. The highest BCUT2D eigenvalue weighted by atomic mass is 28.4. The number of hydrogen-bond acceptors (Lipinski definition) is 2. The van der Waals surface area contributed by atoms with Gasteiger partial charge in [0.25, 0.3) is 8.32 Å². The monoisotopic (exact) mass is 303 g/mol. The molecule has 1 aromatic carbocycles. The molecule has 1 aliphatic rings. The summed E-state index contributed by atoms with van der Waals surface area (Å²) in [6, 6.07) is 10.5. The molecule has 1 aliphatic heterocycles. The molecular formula is C18H29NOSi. The zero-order valence-corrected chi connectivity index (χ0v) is 15.1. The third kappa shape index (κ3) is 4.13. The molecule has 1 saturated heterocycles. The maximum atomic E-state index is 6.61. The van der Waals surface area contributed by atoms with Gasteiger partial charge in [-0.15, -0.1) is 0 Å². The van der Waals surface area contributed by atoms with Crippen LogP contribution in [0.25, 0.3) is 5.76 Å². The second-order valence-electron chi connectivity index (χ2n) is 7.46. The summed E-state index contributed by atoms with van der Waals surface area (Å²) in [5.74, 6) is 1.05. The number of nitrogens with zero attached hydrogens (tertiary/aromatic N) is 1. The van der Waals surface area contributed by atoms with Crippen LogP contribution in [0.5, 0.6) is 0 Å². The Morgan fingerprint density at radius 1 is 1.10 bits per heavy atom. The zero-order valence-electron chi connectivity index (χ0n) is 14.1. The maximum absolute atomic E-state index is 6.61. The number of likely N-dealkylation sites (tertiary alicyclic amines) is 1. The van der Waals surface area contributed by atoms with Gasteiger partial charge in [0.05, 0.1) is 0 Å². The Morgan fingerprint density at radius 3 is 2.19 bits per heavy atom. The van der Waals surface area contributed by atoms with Crippen molar-refractivity contribution < 1.29 is 4.43 Å². The maximum Gasteiger partial charge on any atom is 0.250 e. The first kappa shape index (κ1) is 16.2. The SMILES string of the molecule is CC(C)(C)[Si](C)(C)O/C(=C\N1CCCC1)c1ccccc1. The van der Waals surface area contributed by atoms with Crippen LogP contribution in [0.4, 0.5) is 0 Å². The summed E-state index contributed by atoms with van der Waals surface area (Å²) in [5, 5.41) is 0.214. The molecular weight excluding hydrogens is 274 g/mol. The third-order valence-corrected chi connectivity index (χ3v) is 9.01. The lowest BCUT2D eigenvalue weighted by molar-refractivity contribution is 0.422. The van der Waals surface area contributed by atoms with Crippen molar-refractivity contribution in [3.05, 3.63) is 42.1 Å². The quantitative estimate of drug-likeness (QED) is 0.566. The summed E-state index contributed by atoms with van der Waals surface area (Å²) in [7, 11) is -1.82. The van der Waals surface area contributed by atoms with Crippen molar-refractivity contribution in [2.45, 2.75) is 51.7 Å². The highest BCUT2D eigenvalue weighted by Crippen LogP contribution is 2.39. The van der Waals surface area contributed by atoms with Crippen LogP contribution in [0.15, 0.2) is 36.5 Å². The van der Waals surface area contributed by atoms with Crippen molar-refractivity contribution in [1.82, 2.24) is 4.90 Å². The van der Waals surface area contributed by atoms with E-state index in [-0.39, 0.29) is 5.04 Å². The minimum atomic E-state index is -1.82. The van der Waals surface area contributed by atoms with E-state index in [2.05, 4.69) is 75.3 Å². The Morgan fingerprint density at radius 2 is 1.67 bits per heavy atom. The summed E-state index contributed by atoms with van der Waals surface area (Å²) in [6.45, 7) is 13.8. The lowest BCUT2D eigenvalue weighted by atomic mass is 10.2. The Hall–Kier alpha value is -1.22. The molecule has 1 heterocycles. The molecule has 0 radical (unpaired) electrons. The van der Waals surface area contributed by atoms with Crippen molar-refractivity contribution in [2.24, 2.45) is 0 Å². The molecule has 1 aromatic rings. The smallest absolute Gasteiger partial charge is 0.250 e. The van der Waals surface area contributed by atoms with Crippen LogP contribution >= 0.6 is 0 Å². The van der Waals surface area contributed by atoms with Crippen LogP contribution in [0.2, 0.25) is 18.1 Å². The van der Waals surface area contributed by atoms with E-state index >= 15 is 0 Å². The molecule has 3 heteroatoms. The van der Waals surface area contributed by atoms with Gasteiger partial charge in [-0.3, -0.25) is 0 Å². The Labute approximate surface area is 130 Å². The standard InChI is InChI=1S/C18H29NOSi/c1-18(2,3)21(4,5)20-17(15-19-13-9-10-14-19)16-11-7-6-8-12-16/h6-8,11-12,15H,9-10,13-14H2,1-5H3/b17-15-. The van der Waals surface area contributed by atoms with E-state index < -0.39 is 8.32 Å². The van der Waals surface area contributed by atoms with Crippen LogP contribution < -0.4 is 0 Å². The minimum Gasteiger partial charge on any atom is -0.542 e. The summed E-state index contributed by atoms with van der Waals surface area (Å²) < 4.78 is 6.61. The predicted molar refractivity (Wildman–Crippen MR) is 93.5 cm³/mol. The van der Waals surface area contributed by atoms with Gasteiger partial charge in [0, 0.05) is 24.9 Å². The Balaban J connectivity index is 2.28. The van der Waals surface area contributed by atoms with Gasteiger partial charge >= 0.3 is 0 Å². The fraction of sp³-hybridized carbons (Fsp3) is 0.556. The second kappa shape index (κ2) is 6.26. The minimum absolute atomic E-state index is 0.214. The van der Waals surface area contributed by atoms with Gasteiger partial charge in [-0.1, -0.05) is 51.1 Å². The molecule has 116 valence electrons. The fourth-order valence-electron chi connectivity index (χ4n) is 2.23. The van der Waals surface area contributed by atoms with E-state index in [4.69, 9.17) is 4.43 Å². The lowest BCUT2D eigenvalue weighted by Crippen LogP contribution is -2.40. The summed E-state index contributed by atoms with van der Waals surface area (Å²) in [5.41, 5.74) is 1.19. The molecule has 0 aliphatic carbocycles. The van der Waals surface area contributed by atoms with Crippen LogP contribution in [0.3, 0.4) is 0 Å². The molecule has 0 atom stereocenters. The van der Waals surface area contributed by atoms with Gasteiger partial charge in [-0.2, -0.15) is 0 Å². The summed E-state index contributed by atoms with van der Waals surface area (Å²) >= 11 is 0. The summed E-state index contributed by atoms with van der Waals surface area (Å²) in [6.07, 6.45) is 4.82. The lowest BCUT2D eigenvalue weighted by Gasteiger charge is -2.37. The van der Waals surface area contributed by atoms with Crippen LogP contribution in [-0.2, 0) is 4.43 Å². The van der Waals surface area contributed by atoms with Gasteiger partial charge in [-0.05, 0) is 31.0 Å². The molecule has 21 heavy (non-hydrogen) atoms. The highest BCUT2D eigenvalue weighted by molar-refractivity contribution is 6.74. The van der Waals surface area contributed by atoms with Crippen LogP contribution in [0.1, 0.15) is 39.2 Å². The molecule has 0 unspecified atom stereocenters. The van der Waals surface area contributed by atoms with E-state index in [1.165, 1.54) is 18.4 Å². The van der Waals surface area contributed by atoms with E-state index in [1.807, 2.05) is 0 Å². The molecule has 0 N–H and O–H groups in total. The largest absolute Gasteiger partial charge is 0.542 e. The van der Waals surface area contributed by atoms with E-state index in [0.717, 1.165) is 18.8 Å². The van der Waals surface area contributed by atoms with E-state index in [0.29, 0.717) is 0 Å². The second-order valence-corrected chi connectivity index (χ2v) is 12.2. The van der Waals surface area contributed by atoms with E-state index in [9.17, 15) is 0 Å².